The summed E-state index contributed by atoms with van der Waals surface area (Å²) in [6.45, 7) is 8.12. The molecule has 94 valence electrons. The van der Waals surface area contributed by atoms with Gasteiger partial charge < -0.3 is 9.72 Å². The Morgan fingerprint density at radius 3 is 3.00 bits per heavy atom. The van der Waals surface area contributed by atoms with Gasteiger partial charge in [-0.05, 0) is 12.0 Å². The molecule has 0 aliphatic heterocycles. The molecule has 0 saturated carbocycles. The summed E-state index contributed by atoms with van der Waals surface area (Å²) in [6, 6.07) is 0. The van der Waals surface area contributed by atoms with Crippen LogP contribution in [0, 0.1) is 5.92 Å². The first-order valence-corrected chi connectivity index (χ1v) is 5.75. The fourth-order valence-corrected chi connectivity index (χ4v) is 1.59. The highest BCUT2D eigenvalue weighted by Gasteiger charge is 2.16. The van der Waals surface area contributed by atoms with E-state index in [9.17, 15) is 4.79 Å². The standard InChI is InChI=1S/C13H15N3O2/c1-4-10(17)9-5-14-12-11(9)13(16-7-15-12)18-6-8(2)3/h4-5,7-8H,1,6H2,2-3H3,(H,14,15,16). The number of nitrogens with zero attached hydrogens (tertiary/aromatic N) is 2. The smallest absolute Gasteiger partial charge is 0.226 e. The molecule has 5 nitrogen and oxygen atoms in total. The number of hydrogen-bond donors (Lipinski definition) is 1. The molecular formula is C13H15N3O2. The van der Waals surface area contributed by atoms with E-state index in [-0.39, 0.29) is 5.78 Å². The maximum atomic E-state index is 11.7. The zero-order chi connectivity index (χ0) is 13.1. The number of ketones is 1. The van der Waals surface area contributed by atoms with Crippen molar-refractivity contribution in [1.82, 2.24) is 15.0 Å². The van der Waals surface area contributed by atoms with E-state index in [0.717, 1.165) is 0 Å². The van der Waals surface area contributed by atoms with Crippen LogP contribution in [-0.4, -0.2) is 27.3 Å². The van der Waals surface area contributed by atoms with Gasteiger partial charge in [0, 0.05) is 6.20 Å². The predicted molar refractivity (Wildman–Crippen MR) is 68.7 cm³/mol. The fraction of sp³-hybridized carbons (Fsp3) is 0.308. The molecule has 0 aromatic carbocycles. The lowest BCUT2D eigenvalue weighted by Crippen LogP contribution is -2.06. The van der Waals surface area contributed by atoms with Gasteiger partial charge in [0.1, 0.15) is 12.0 Å². The third-order valence-electron chi connectivity index (χ3n) is 2.44. The van der Waals surface area contributed by atoms with Crippen LogP contribution >= 0.6 is 0 Å². The van der Waals surface area contributed by atoms with Crippen molar-refractivity contribution in [3.05, 3.63) is 30.7 Å². The Hall–Kier alpha value is -2.17. The summed E-state index contributed by atoms with van der Waals surface area (Å²) >= 11 is 0. The minimum Gasteiger partial charge on any atom is -0.477 e. The highest BCUT2D eigenvalue weighted by Crippen LogP contribution is 2.25. The molecule has 0 aliphatic carbocycles. The van der Waals surface area contributed by atoms with Crippen molar-refractivity contribution in [2.45, 2.75) is 13.8 Å². The SMILES string of the molecule is C=CC(=O)c1c[nH]c2ncnc(OCC(C)C)c12. The van der Waals surface area contributed by atoms with Crippen molar-refractivity contribution in [2.24, 2.45) is 5.92 Å². The highest BCUT2D eigenvalue weighted by atomic mass is 16.5. The van der Waals surface area contributed by atoms with E-state index >= 15 is 0 Å². The minimum absolute atomic E-state index is 0.176. The molecule has 0 saturated heterocycles. The normalized spacial score (nSPS) is 10.8. The molecule has 0 bridgehead atoms. The number of rotatable bonds is 5. The van der Waals surface area contributed by atoms with E-state index in [0.29, 0.717) is 35.0 Å². The Kier molecular flexibility index (Phi) is 3.41. The van der Waals surface area contributed by atoms with Gasteiger partial charge in [0.15, 0.2) is 5.78 Å². The number of carbonyl (C=O) groups is 1. The van der Waals surface area contributed by atoms with Crippen LogP contribution in [0.1, 0.15) is 24.2 Å². The Bertz CT molecular complexity index is 587. The largest absolute Gasteiger partial charge is 0.477 e. The molecule has 0 aliphatic rings. The van der Waals surface area contributed by atoms with Gasteiger partial charge in [-0.1, -0.05) is 20.4 Å². The molecule has 2 rings (SSSR count). The molecule has 2 heterocycles. The molecule has 0 radical (unpaired) electrons. The number of ether oxygens (including phenoxy) is 1. The average Bonchev–Trinajstić information content (AvgIpc) is 2.79. The number of carbonyl (C=O) groups excluding carboxylic acids is 1. The summed E-state index contributed by atoms with van der Waals surface area (Å²) in [6.07, 6.45) is 4.28. The molecule has 0 unspecified atom stereocenters. The van der Waals surface area contributed by atoms with Crippen LogP contribution in [-0.2, 0) is 0 Å². The van der Waals surface area contributed by atoms with E-state index in [1.165, 1.54) is 12.4 Å². The predicted octanol–water partition coefficient (Wildman–Crippen LogP) is 2.36. The number of fused-ring (bicyclic) bond motifs is 1. The van der Waals surface area contributed by atoms with Crippen molar-refractivity contribution >= 4 is 16.8 Å². The number of nitrogens with one attached hydrogen (secondary N) is 1. The number of H-pyrrole nitrogens is 1. The zero-order valence-electron chi connectivity index (χ0n) is 10.4. The number of aromatic amines is 1. The molecule has 2 aromatic heterocycles. The van der Waals surface area contributed by atoms with Crippen LogP contribution in [0.15, 0.2) is 25.2 Å². The first-order chi connectivity index (χ1) is 8.63. The van der Waals surface area contributed by atoms with Gasteiger partial charge in [-0.2, -0.15) is 0 Å². The Balaban J connectivity index is 2.48. The van der Waals surface area contributed by atoms with Crippen LogP contribution in [0.5, 0.6) is 5.88 Å². The van der Waals surface area contributed by atoms with Gasteiger partial charge in [-0.25, -0.2) is 9.97 Å². The van der Waals surface area contributed by atoms with E-state index < -0.39 is 0 Å². The van der Waals surface area contributed by atoms with Gasteiger partial charge in [-0.3, -0.25) is 4.79 Å². The average molecular weight is 245 g/mol. The second-order valence-electron chi connectivity index (χ2n) is 4.38. The van der Waals surface area contributed by atoms with Crippen LogP contribution in [0.4, 0.5) is 0 Å². The fourth-order valence-electron chi connectivity index (χ4n) is 1.59. The quantitative estimate of drug-likeness (QED) is 0.648. The lowest BCUT2D eigenvalue weighted by molar-refractivity contribution is 0.104. The van der Waals surface area contributed by atoms with Crippen LogP contribution in [0.3, 0.4) is 0 Å². The summed E-state index contributed by atoms with van der Waals surface area (Å²) in [5.74, 6) is 0.637. The Morgan fingerprint density at radius 2 is 2.33 bits per heavy atom. The van der Waals surface area contributed by atoms with Crippen LogP contribution < -0.4 is 4.74 Å². The van der Waals surface area contributed by atoms with E-state index in [1.54, 1.807) is 6.20 Å². The topological polar surface area (TPSA) is 67.9 Å². The Morgan fingerprint density at radius 1 is 1.56 bits per heavy atom. The molecule has 0 spiro atoms. The lowest BCUT2D eigenvalue weighted by atomic mass is 10.1. The third-order valence-corrected chi connectivity index (χ3v) is 2.44. The summed E-state index contributed by atoms with van der Waals surface area (Å²) in [4.78, 5) is 22.8. The second kappa shape index (κ2) is 5.00. The maximum absolute atomic E-state index is 11.7. The summed E-state index contributed by atoms with van der Waals surface area (Å²) in [7, 11) is 0. The van der Waals surface area contributed by atoms with E-state index in [2.05, 4.69) is 21.5 Å². The first kappa shape index (κ1) is 12.3. The van der Waals surface area contributed by atoms with Crippen molar-refractivity contribution in [1.29, 1.82) is 0 Å². The monoisotopic (exact) mass is 245 g/mol. The zero-order valence-corrected chi connectivity index (χ0v) is 10.4. The molecule has 2 aromatic rings. The van der Waals surface area contributed by atoms with Gasteiger partial charge in [0.25, 0.3) is 0 Å². The lowest BCUT2D eigenvalue weighted by Gasteiger charge is -2.08. The molecule has 18 heavy (non-hydrogen) atoms. The van der Waals surface area contributed by atoms with Crippen LogP contribution in [0.2, 0.25) is 0 Å². The number of hydrogen-bond acceptors (Lipinski definition) is 4. The summed E-state index contributed by atoms with van der Waals surface area (Å²) in [5.41, 5.74) is 1.08. The summed E-state index contributed by atoms with van der Waals surface area (Å²) in [5, 5.41) is 0.614. The van der Waals surface area contributed by atoms with Crippen molar-refractivity contribution in [3.63, 3.8) is 0 Å². The van der Waals surface area contributed by atoms with Crippen molar-refractivity contribution < 1.29 is 9.53 Å². The van der Waals surface area contributed by atoms with Crippen LogP contribution in [0.25, 0.3) is 11.0 Å². The second-order valence-corrected chi connectivity index (χ2v) is 4.38. The van der Waals surface area contributed by atoms with Gasteiger partial charge in [0.2, 0.25) is 5.88 Å². The van der Waals surface area contributed by atoms with Crippen molar-refractivity contribution in [3.8, 4) is 5.88 Å². The molecule has 0 fully saturated rings. The maximum Gasteiger partial charge on any atom is 0.226 e. The first-order valence-electron chi connectivity index (χ1n) is 5.75. The molecule has 1 N–H and O–H groups in total. The van der Waals surface area contributed by atoms with E-state index in [1.807, 2.05) is 13.8 Å². The molecular weight excluding hydrogens is 230 g/mol. The van der Waals surface area contributed by atoms with Gasteiger partial charge in [-0.15, -0.1) is 0 Å². The van der Waals surface area contributed by atoms with Gasteiger partial charge in [0.05, 0.1) is 17.6 Å². The molecule has 0 amide bonds. The molecule has 0 atom stereocenters. The van der Waals surface area contributed by atoms with E-state index in [4.69, 9.17) is 4.74 Å². The minimum atomic E-state index is -0.176. The third kappa shape index (κ3) is 2.25. The molecule has 5 heteroatoms. The van der Waals surface area contributed by atoms with Gasteiger partial charge >= 0.3 is 0 Å². The Labute approximate surface area is 105 Å². The highest BCUT2D eigenvalue weighted by molar-refractivity contribution is 6.13. The summed E-state index contributed by atoms with van der Waals surface area (Å²) < 4.78 is 5.62. The van der Waals surface area contributed by atoms with Crippen molar-refractivity contribution in [2.75, 3.05) is 6.61 Å². The number of aromatic nitrogens is 3. The number of allylic oxidation sites excluding steroid dienone is 1.